The highest BCUT2D eigenvalue weighted by molar-refractivity contribution is 7.13. The van der Waals surface area contributed by atoms with Crippen LogP contribution in [-0.2, 0) is 6.42 Å². The van der Waals surface area contributed by atoms with E-state index >= 15 is 0 Å². The molecule has 0 amide bonds. The van der Waals surface area contributed by atoms with E-state index in [1.165, 1.54) is 0 Å². The third-order valence-corrected chi connectivity index (χ3v) is 3.93. The standard InChI is InChI=1S/C12H12Cl2N2S/c1-7(15)4-9-6-17-12(16-9)8-2-3-10(13)11(14)5-8/h2-3,5-7H,4,15H2,1H3. The van der Waals surface area contributed by atoms with Gasteiger partial charge in [-0.15, -0.1) is 11.3 Å². The van der Waals surface area contributed by atoms with Crippen molar-refractivity contribution < 1.29 is 0 Å². The number of rotatable bonds is 3. The normalized spacial score (nSPS) is 12.7. The van der Waals surface area contributed by atoms with E-state index < -0.39 is 0 Å². The molecule has 2 nitrogen and oxygen atoms in total. The van der Waals surface area contributed by atoms with Gasteiger partial charge in [-0.05, 0) is 19.1 Å². The Hall–Kier alpha value is -0.610. The smallest absolute Gasteiger partial charge is 0.123 e. The summed E-state index contributed by atoms with van der Waals surface area (Å²) in [4.78, 5) is 4.53. The van der Waals surface area contributed by atoms with Crippen LogP contribution in [0.2, 0.25) is 10.0 Å². The molecule has 2 aromatic rings. The molecule has 0 aliphatic heterocycles. The quantitative estimate of drug-likeness (QED) is 0.926. The number of benzene rings is 1. The molecule has 1 unspecified atom stereocenters. The third-order valence-electron chi connectivity index (χ3n) is 2.25. The minimum Gasteiger partial charge on any atom is -0.328 e. The Morgan fingerprint density at radius 1 is 1.35 bits per heavy atom. The van der Waals surface area contributed by atoms with Crippen LogP contribution < -0.4 is 5.73 Å². The number of thiazole rings is 1. The molecule has 1 atom stereocenters. The fourth-order valence-electron chi connectivity index (χ4n) is 1.49. The Labute approximate surface area is 114 Å². The Bertz CT molecular complexity index is 523. The molecule has 2 rings (SSSR count). The summed E-state index contributed by atoms with van der Waals surface area (Å²) in [5, 5.41) is 4.08. The predicted molar refractivity (Wildman–Crippen MR) is 74.9 cm³/mol. The molecule has 0 radical (unpaired) electrons. The molecular weight excluding hydrogens is 275 g/mol. The summed E-state index contributed by atoms with van der Waals surface area (Å²) in [6.45, 7) is 1.97. The number of halogens is 2. The van der Waals surface area contributed by atoms with Crippen molar-refractivity contribution in [2.45, 2.75) is 19.4 Å². The van der Waals surface area contributed by atoms with Crippen LogP contribution in [0.25, 0.3) is 10.6 Å². The molecule has 1 aromatic carbocycles. The fraction of sp³-hybridized carbons (Fsp3) is 0.250. The predicted octanol–water partition coefficient (Wildman–Crippen LogP) is 4.01. The maximum atomic E-state index is 5.98. The van der Waals surface area contributed by atoms with Gasteiger partial charge in [0, 0.05) is 23.4 Å². The second-order valence-electron chi connectivity index (χ2n) is 3.95. The molecule has 1 aromatic heterocycles. The van der Waals surface area contributed by atoms with Crippen molar-refractivity contribution in [2.24, 2.45) is 5.73 Å². The monoisotopic (exact) mass is 286 g/mol. The van der Waals surface area contributed by atoms with Gasteiger partial charge in [0.05, 0.1) is 15.7 Å². The van der Waals surface area contributed by atoms with Crippen LogP contribution in [0.1, 0.15) is 12.6 Å². The van der Waals surface area contributed by atoms with E-state index in [-0.39, 0.29) is 6.04 Å². The lowest BCUT2D eigenvalue weighted by Crippen LogP contribution is -2.17. The van der Waals surface area contributed by atoms with E-state index in [1.54, 1.807) is 17.4 Å². The molecule has 0 fully saturated rings. The third kappa shape index (κ3) is 3.19. The highest BCUT2D eigenvalue weighted by atomic mass is 35.5. The van der Waals surface area contributed by atoms with Gasteiger partial charge in [-0.2, -0.15) is 0 Å². The summed E-state index contributed by atoms with van der Waals surface area (Å²) < 4.78 is 0. The van der Waals surface area contributed by atoms with Crippen LogP contribution >= 0.6 is 34.5 Å². The summed E-state index contributed by atoms with van der Waals surface area (Å²) in [5.41, 5.74) is 7.75. The van der Waals surface area contributed by atoms with Crippen LogP contribution in [0, 0.1) is 0 Å². The number of aromatic nitrogens is 1. The van der Waals surface area contributed by atoms with Crippen LogP contribution in [0.5, 0.6) is 0 Å². The van der Waals surface area contributed by atoms with E-state index in [0.717, 1.165) is 22.7 Å². The molecule has 0 aliphatic carbocycles. The Kier molecular flexibility index (Phi) is 4.05. The second-order valence-corrected chi connectivity index (χ2v) is 5.63. The van der Waals surface area contributed by atoms with E-state index in [2.05, 4.69) is 4.98 Å². The van der Waals surface area contributed by atoms with Crippen LogP contribution in [0.15, 0.2) is 23.6 Å². The lowest BCUT2D eigenvalue weighted by atomic mass is 10.2. The van der Waals surface area contributed by atoms with Crippen LogP contribution in [0.3, 0.4) is 0 Å². The zero-order valence-corrected chi connectivity index (χ0v) is 11.6. The molecule has 17 heavy (non-hydrogen) atoms. The largest absolute Gasteiger partial charge is 0.328 e. The summed E-state index contributed by atoms with van der Waals surface area (Å²) in [7, 11) is 0. The zero-order chi connectivity index (χ0) is 12.4. The second kappa shape index (κ2) is 5.36. The summed E-state index contributed by atoms with van der Waals surface area (Å²) in [6, 6.07) is 5.66. The molecule has 0 aliphatic rings. The average molecular weight is 287 g/mol. The van der Waals surface area contributed by atoms with Crippen molar-refractivity contribution in [1.82, 2.24) is 4.98 Å². The van der Waals surface area contributed by atoms with Gasteiger partial charge in [-0.3, -0.25) is 0 Å². The number of hydrogen-bond donors (Lipinski definition) is 1. The van der Waals surface area contributed by atoms with E-state index in [1.807, 2.05) is 24.4 Å². The van der Waals surface area contributed by atoms with Crippen molar-refractivity contribution in [1.29, 1.82) is 0 Å². The average Bonchev–Trinajstić information content (AvgIpc) is 2.69. The molecular formula is C12H12Cl2N2S. The molecule has 5 heteroatoms. The highest BCUT2D eigenvalue weighted by Crippen LogP contribution is 2.30. The van der Waals surface area contributed by atoms with E-state index in [4.69, 9.17) is 28.9 Å². The minimum atomic E-state index is 0.124. The Balaban J connectivity index is 2.27. The van der Waals surface area contributed by atoms with Gasteiger partial charge in [0.1, 0.15) is 5.01 Å². The van der Waals surface area contributed by atoms with E-state index in [9.17, 15) is 0 Å². The van der Waals surface area contributed by atoms with Gasteiger partial charge >= 0.3 is 0 Å². The summed E-state index contributed by atoms with van der Waals surface area (Å²) in [6.07, 6.45) is 0.790. The topological polar surface area (TPSA) is 38.9 Å². The first-order chi connectivity index (χ1) is 8.06. The lowest BCUT2D eigenvalue weighted by molar-refractivity contribution is 0.726. The first-order valence-corrected chi connectivity index (χ1v) is 6.85. The maximum absolute atomic E-state index is 5.98. The Morgan fingerprint density at radius 2 is 2.12 bits per heavy atom. The SMILES string of the molecule is CC(N)Cc1csc(-c2ccc(Cl)c(Cl)c2)n1. The van der Waals surface area contributed by atoms with Gasteiger partial charge in [-0.25, -0.2) is 4.98 Å². The van der Waals surface area contributed by atoms with Crippen molar-refractivity contribution >= 4 is 34.5 Å². The highest BCUT2D eigenvalue weighted by Gasteiger charge is 2.08. The number of hydrogen-bond acceptors (Lipinski definition) is 3. The van der Waals surface area contributed by atoms with Gasteiger partial charge in [0.25, 0.3) is 0 Å². The van der Waals surface area contributed by atoms with Gasteiger partial charge in [0.2, 0.25) is 0 Å². The summed E-state index contributed by atoms with van der Waals surface area (Å²) in [5.74, 6) is 0. The van der Waals surface area contributed by atoms with Crippen LogP contribution in [0.4, 0.5) is 0 Å². The molecule has 0 bridgehead atoms. The Morgan fingerprint density at radius 3 is 2.76 bits per heavy atom. The first kappa shape index (κ1) is 12.8. The molecule has 1 heterocycles. The lowest BCUT2D eigenvalue weighted by Gasteiger charge is -2.01. The number of nitrogens with zero attached hydrogens (tertiary/aromatic N) is 1. The molecule has 0 saturated heterocycles. The maximum Gasteiger partial charge on any atom is 0.123 e. The first-order valence-electron chi connectivity index (χ1n) is 5.21. The van der Waals surface area contributed by atoms with Crippen molar-refractivity contribution in [3.8, 4) is 10.6 Å². The molecule has 90 valence electrons. The number of nitrogens with two attached hydrogens (primary N) is 1. The van der Waals surface area contributed by atoms with Gasteiger partial charge in [-0.1, -0.05) is 29.3 Å². The minimum absolute atomic E-state index is 0.124. The fourth-order valence-corrected chi connectivity index (χ4v) is 2.62. The van der Waals surface area contributed by atoms with Crippen molar-refractivity contribution in [2.75, 3.05) is 0 Å². The van der Waals surface area contributed by atoms with Gasteiger partial charge in [0.15, 0.2) is 0 Å². The molecule has 0 saturated carbocycles. The van der Waals surface area contributed by atoms with Crippen LogP contribution in [-0.4, -0.2) is 11.0 Å². The summed E-state index contributed by atoms with van der Waals surface area (Å²) >= 11 is 13.4. The van der Waals surface area contributed by atoms with Gasteiger partial charge < -0.3 is 5.73 Å². The van der Waals surface area contributed by atoms with E-state index in [0.29, 0.717) is 10.0 Å². The molecule has 0 spiro atoms. The van der Waals surface area contributed by atoms with Crippen molar-refractivity contribution in [3.63, 3.8) is 0 Å². The molecule has 2 N–H and O–H groups in total. The van der Waals surface area contributed by atoms with Crippen molar-refractivity contribution in [3.05, 3.63) is 39.3 Å². The zero-order valence-electron chi connectivity index (χ0n) is 9.28.